The number of hydrogen-bond donors (Lipinski definition) is 2. The summed E-state index contributed by atoms with van der Waals surface area (Å²) in [5.74, 6) is -0.835. The first-order valence-corrected chi connectivity index (χ1v) is 6.65. The Hall–Kier alpha value is -1.63. The molecule has 0 spiro atoms. The number of likely N-dealkylation sites (N-methyl/N-ethyl adjacent to an activating group) is 1. The van der Waals surface area contributed by atoms with Crippen molar-refractivity contribution in [1.82, 2.24) is 15.5 Å². The monoisotopic (exact) mass is 287 g/mol. The quantitative estimate of drug-likeness (QED) is 0.441. The third kappa shape index (κ3) is 10.3. The van der Waals surface area contributed by atoms with Gasteiger partial charge in [-0.15, -0.1) is 0 Å². The molecule has 0 aromatic rings. The lowest BCUT2D eigenvalue weighted by Gasteiger charge is -2.17. The summed E-state index contributed by atoms with van der Waals surface area (Å²) in [5.41, 5.74) is 0. The third-order valence-electron chi connectivity index (χ3n) is 2.49. The predicted molar refractivity (Wildman–Crippen MR) is 75.0 cm³/mol. The van der Waals surface area contributed by atoms with E-state index in [1.165, 1.54) is 13.8 Å². The lowest BCUT2D eigenvalue weighted by atomic mass is 10.1. The lowest BCUT2D eigenvalue weighted by molar-refractivity contribution is -0.148. The summed E-state index contributed by atoms with van der Waals surface area (Å²) < 4.78 is 5.11. The van der Waals surface area contributed by atoms with Crippen molar-refractivity contribution in [3.05, 3.63) is 0 Å². The molecular weight excluding hydrogens is 262 g/mol. The Morgan fingerprint density at radius 2 is 1.80 bits per heavy atom. The van der Waals surface area contributed by atoms with Gasteiger partial charge in [0.05, 0.1) is 0 Å². The Bertz CT molecular complexity index is 332. The molecule has 0 fully saturated rings. The summed E-state index contributed by atoms with van der Waals surface area (Å²) >= 11 is 0. The normalized spacial score (nSPS) is 11.8. The maximum atomic E-state index is 11.8. The minimum Gasteiger partial charge on any atom is -0.463 e. The van der Waals surface area contributed by atoms with Gasteiger partial charge in [0.15, 0.2) is 0 Å². The van der Waals surface area contributed by atoms with Gasteiger partial charge in [-0.3, -0.25) is 9.59 Å². The Balaban J connectivity index is 4.14. The number of amides is 2. The van der Waals surface area contributed by atoms with Gasteiger partial charge in [-0.1, -0.05) is 0 Å². The molecule has 0 unspecified atom stereocenters. The number of esters is 1. The van der Waals surface area contributed by atoms with Crippen LogP contribution < -0.4 is 10.6 Å². The van der Waals surface area contributed by atoms with E-state index in [0.717, 1.165) is 0 Å². The average Bonchev–Trinajstić information content (AvgIpc) is 2.31. The topological polar surface area (TPSA) is 87.7 Å². The first kappa shape index (κ1) is 18.4. The molecule has 0 saturated carbocycles. The highest BCUT2D eigenvalue weighted by Crippen LogP contribution is 2.00. The second-order valence-electron chi connectivity index (χ2n) is 4.85. The van der Waals surface area contributed by atoms with Crippen molar-refractivity contribution >= 4 is 17.8 Å². The Morgan fingerprint density at radius 3 is 2.30 bits per heavy atom. The van der Waals surface area contributed by atoms with Gasteiger partial charge < -0.3 is 20.3 Å². The Morgan fingerprint density at radius 1 is 1.15 bits per heavy atom. The number of nitrogens with one attached hydrogen (secondary N) is 2. The van der Waals surface area contributed by atoms with Gasteiger partial charge in [-0.25, -0.2) is 4.79 Å². The van der Waals surface area contributed by atoms with E-state index in [9.17, 15) is 14.4 Å². The molecule has 0 saturated heterocycles. The first-order valence-electron chi connectivity index (χ1n) is 6.65. The van der Waals surface area contributed by atoms with Crippen molar-refractivity contribution in [1.29, 1.82) is 0 Å². The molecule has 2 N–H and O–H groups in total. The fourth-order valence-corrected chi connectivity index (χ4v) is 1.49. The average molecular weight is 287 g/mol. The minimum absolute atomic E-state index is 0.116. The number of ether oxygens (including phenoxy) is 1. The van der Waals surface area contributed by atoms with Crippen LogP contribution in [0.25, 0.3) is 0 Å². The van der Waals surface area contributed by atoms with Crippen molar-refractivity contribution < 1.29 is 19.1 Å². The van der Waals surface area contributed by atoms with E-state index < -0.39 is 12.0 Å². The van der Waals surface area contributed by atoms with E-state index in [1.807, 2.05) is 19.0 Å². The van der Waals surface area contributed by atoms with E-state index in [4.69, 9.17) is 4.74 Å². The molecule has 0 heterocycles. The van der Waals surface area contributed by atoms with Crippen LogP contribution in [-0.4, -0.2) is 62.5 Å². The molecule has 116 valence electrons. The van der Waals surface area contributed by atoms with Gasteiger partial charge in [0.1, 0.15) is 12.6 Å². The second-order valence-corrected chi connectivity index (χ2v) is 4.85. The van der Waals surface area contributed by atoms with Gasteiger partial charge in [0.25, 0.3) is 0 Å². The molecule has 0 aliphatic carbocycles. The van der Waals surface area contributed by atoms with Crippen LogP contribution in [0.4, 0.5) is 0 Å². The van der Waals surface area contributed by atoms with Crippen LogP contribution in [-0.2, 0) is 19.1 Å². The zero-order chi connectivity index (χ0) is 15.5. The van der Waals surface area contributed by atoms with Crippen molar-refractivity contribution in [3.8, 4) is 0 Å². The minimum atomic E-state index is -0.663. The van der Waals surface area contributed by atoms with Crippen molar-refractivity contribution in [2.45, 2.75) is 32.7 Å². The molecule has 7 heteroatoms. The summed E-state index contributed by atoms with van der Waals surface area (Å²) in [4.78, 5) is 35.6. The van der Waals surface area contributed by atoms with Gasteiger partial charge in [-0.05, 0) is 26.9 Å². The molecule has 0 radical (unpaired) electrons. The van der Waals surface area contributed by atoms with Crippen molar-refractivity contribution in [2.75, 3.05) is 33.8 Å². The maximum absolute atomic E-state index is 11.8. The summed E-state index contributed by atoms with van der Waals surface area (Å²) in [6.45, 7) is 4.17. The molecule has 20 heavy (non-hydrogen) atoms. The molecule has 7 nitrogen and oxygen atoms in total. The van der Waals surface area contributed by atoms with E-state index in [1.54, 1.807) is 0 Å². The largest absolute Gasteiger partial charge is 0.463 e. The number of carbonyl (C=O) groups is 3. The van der Waals surface area contributed by atoms with Crippen LogP contribution in [0, 0.1) is 0 Å². The molecule has 0 rings (SSSR count). The van der Waals surface area contributed by atoms with E-state index in [2.05, 4.69) is 10.6 Å². The molecule has 1 atom stereocenters. The van der Waals surface area contributed by atoms with Crippen LogP contribution in [0.5, 0.6) is 0 Å². The van der Waals surface area contributed by atoms with Crippen molar-refractivity contribution in [2.24, 2.45) is 0 Å². The SMILES string of the molecule is CC(=O)NCCC[C@H](NC(C)=O)C(=O)OCCN(C)C. The molecular formula is C13H25N3O4. The highest BCUT2D eigenvalue weighted by molar-refractivity contribution is 5.83. The first-order chi connectivity index (χ1) is 9.32. The summed E-state index contributed by atoms with van der Waals surface area (Å²) in [5, 5.41) is 5.21. The van der Waals surface area contributed by atoms with Gasteiger partial charge >= 0.3 is 5.97 Å². The zero-order valence-electron chi connectivity index (χ0n) is 12.7. The standard InChI is InChI=1S/C13H25N3O4/c1-10(17)14-7-5-6-12(15-11(2)18)13(19)20-9-8-16(3)4/h12H,5-9H2,1-4H3,(H,14,17)(H,15,18)/t12-/m0/s1. The molecule has 2 amide bonds. The van der Waals surface area contributed by atoms with Gasteiger partial charge in [-0.2, -0.15) is 0 Å². The van der Waals surface area contributed by atoms with Gasteiger partial charge in [0, 0.05) is 26.9 Å². The van der Waals surface area contributed by atoms with Crippen molar-refractivity contribution in [3.63, 3.8) is 0 Å². The summed E-state index contributed by atoms with van der Waals surface area (Å²) in [6, 6.07) is -0.663. The lowest BCUT2D eigenvalue weighted by Crippen LogP contribution is -2.41. The molecule has 0 bridgehead atoms. The fourth-order valence-electron chi connectivity index (χ4n) is 1.49. The molecule has 0 aromatic carbocycles. The highest BCUT2D eigenvalue weighted by Gasteiger charge is 2.20. The zero-order valence-corrected chi connectivity index (χ0v) is 12.7. The molecule has 0 aliphatic heterocycles. The number of hydrogen-bond acceptors (Lipinski definition) is 5. The summed E-state index contributed by atoms with van der Waals surface area (Å²) in [7, 11) is 3.76. The number of carbonyl (C=O) groups excluding carboxylic acids is 3. The predicted octanol–water partition coefficient (Wildman–Crippen LogP) is -0.488. The smallest absolute Gasteiger partial charge is 0.328 e. The van der Waals surface area contributed by atoms with Crippen LogP contribution in [0.15, 0.2) is 0 Å². The Labute approximate surface area is 120 Å². The van der Waals surface area contributed by atoms with Crippen LogP contribution in [0.1, 0.15) is 26.7 Å². The maximum Gasteiger partial charge on any atom is 0.328 e. The molecule has 0 aromatic heterocycles. The van der Waals surface area contributed by atoms with E-state index in [0.29, 0.717) is 25.9 Å². The van der Waals surface area contributed by atoms with Gasteiger partial charge in [0.2, 0.25) is 11.8 Å². The van der Waals surface area contributed by atoms with E-state index >= 15 is 0 Å². The Kier molecular flexibility index (Phi) is 9.36. The second kappa shape index (κ2) is 10.2. The highest BCUT2D eigenvalue weighted by atomic mass is 16.5. The number of rotatable bonds is 9. The fraction of sp³-hybridized carbons (Fsp3) is 0.769. The summed E-state index contributed by atoms with van der Waals surface area (Å²) in [6.07, 6.45) is 1.02. The number of nitrogens with zero attached hydrogens (tertiary/aromatic N) is 1. The van der Waals surface area contributed by atoms with Crippen LogP contribution >= 0.6 is 0 Å². The van der Waals surface area contributed by atoms with Crippen LogP contribution in [0.3, 0.4) is 0 Å². The molecule has 0 aliphatic rings. The van der Waals surface area contributed by atoms with E-state index in [-0.39, 0.29) is 18.4 Å². The third-order valence-corrected chi connectivity index (χ3v) is 2.49. The van der Waals surface area contributed by atoms with Crippen LogP contribution in [0.2, 0.25) is 0 Å².